The number of aliphatic hydroxyl groups is 13. The normalized spacial score (nSPS) is 41.5. The molecular weight excluding hydrogens is 1120 g/mol. The lowest BCUT2D eigenvalue weighted by molar-refractivity contribution is -0.377. The molecule has 80 heavy (non-hydrogen) atoms. The first-order valence-electron chi connectivity index (χ1n) is 24.6. The first-order valence-corrected chi connectivity index (χ1v) is 26.1. The second-order valence-electron chi connectivity index (χ2n) is 19.2. The maximum Gasteiger partial charge on any atom is 0.474 e. The van der Waals surface area contributed by atoms with E-state index in [-0.39, 0.29) is 0 Å². The predicted molar refractivity (Wildman–Crippen MR) is 250 cm³/mol. The highest BCUT2D eigenvalue weighted by Crippen LogP contribution is 2.47. The molecule has 6 amide bonds. The molecule has 5 aliphatic rings. The second-order valence-corrected chi connectivity index (χ2v) is 20.6. The van der Waals surface area contributed by atoms with Gasteiger partial charge in [-0.25, -0.2) is 4.57 Å². The average Bonchev–Trinajstić information content (AvgIpc) is 3.38. The number of hydrogen-bond acceptors (Lipinski definition) is 30. The number of phosphoric ester groups is 1. The van der Waals surface area contributed by atoms with E-state index in [0.717, 1.165) is 27.7 Å². The molecule has 0 aliphatic carbocycles. The third-order valence-electron chi connectivity index (χ3n) is 13.2. The van der Waals surface area contributed by atoms with Gasteiger partial charge in [0.15, 0.2) is 31.4 Å². The summed E-state index contributed by atoms with van der Waals surface area (Å²) in [4.78, 5) is 83.7. The second kappa shape index (κ2) is 29.1. The number of primary amides is 1. The molecule has 0 bridgehead atoms. The predicted octanol–water partition coefficient (Wildman–Crippen LogP) is -12.9. The summed E-state index contributed by atoms with van der Waals surface area (Å²) in [5.74, 6) is -5.24. The van der Waals surface area contributed by atoms with Gasteiger partial charge in [-0.3, -0.25) is 37.8 Å². The van der Waals surface area contributed by atoms with Crippen LogP contribution in [0.1, 0.15) is 34.1 Å². The highest BCUT2D eigenvalue weighted by Gasteiger charge is 2.57. The number of ether oxygens (including phenoxy) is 8. The van der Waals surface area contributed by atoms with E-state index in [1.54, 1.807) is 0 Å². The van der Waals surface area contributed by atoms with Crippen LogP contribution in [-0.4, -0.2) is 299 Å². The molecule has 38 heteroatoms. The van der Waals surface area contributed by atoms with Crippen LogP contribution in [0.5, 0.6) is 0 Å². The Bertz CT molecular complexity index is 2160. The molecule has 0 spiro atoms. The molecule has 0 aromatic rings. The number of aliphatic hydroxyl groups excluding tert-OH is 13. The highest BCUT2D eigenvalue weighted by atomic mass is 31.2. The van der Waals surface area contributed by atoms with Gasteiger partial charge < -0.3 is 141 Å². The number of carbonyl (C=O) groups is 6. The third kappa shape index (κ3) is 16.5. The van der Waals surface area contributed by atoms with Gasteiger partial charge in [0, 0.05) is 27.7 Å². The standard InChI is InChI=1S/C42H71N6O31P/c1-11(53)44-15(37(43)67)5-21(57)48-38-22(45-12(2)54)28(61)34(17(7-50)71-38)76-39-24(47-14(4)56)29(62)35(18(8-51)73-39)77-42-33(66)31(64)36(19(9-52)74-42)78-41-32(65)30(63)26(59)20(75-41)10-70-80(68,69)79-40-23(46-13(3)55)27(60)25(58)16(6-49)72-40/h15-20,22-36,38-42,49-52,58-66H,5-10H2,1-4H3,(H2,43,67)(H,44,53)(H,45,54)(H,46,55)(H,47,56)(H,48,57)(H,68,69). The minimum absolute atomic E-state index is 0.707. The quantitative estimate of drug-likeness (QED) is 0.0423. The molecule has 460 valence electrons. The van der Waals surface area contributed by atoms with Crippen molar-refractivity contribution < 1.29 is 152 Å². The van der Waals surface area contributed by atoms with Crippen molar-refractivity contribution in [2.75, 3.05) is 33.0 Å². The van der Waals surface area contributed by atoms with Crippen LogP contribution in [0.3, 0.4) is 0 Å². The number of rotatable bonds is 23. The molecule has 27 atom stereocenters. The Morgan fingerprint density at radius 1 is 0.487 bits per heavy atom. The summed E-state index contributed by atoms with van der Waals surface area (Å²) in [5.41, 5.74) is 5.29. The average molecular weight is 1190 g/mol. The molecule has 27 unspecified atom stereocenters. The van der Waals surface area contributed by atoms with Crippen molar-refractivity contribution in [3.63, 3.8) is 0 Å². The van der Waals surface area contributed by atoms with Gasteiger partial charge in [0.2, 0.25) is 35.4 Å². The zero-order valence-electron chi connectivity index (χ0n) is 43.0. The third-order valence-corrected chi connectivity index (χ3v) is 14.1. The van der Waals surface area contributed by atoms with Gasteiger partial charge in [0.25, 0.3) is 0 Å². The zero-order chi connectivity index (χ0) is 59.8. The number of carbonyl (C=O) groups excluding carboxylic acids is 6. The summed E-state index contributed by atoms with van der Waals surface area (Å²) >= 11 is 0. The topological polar surface area (TPSA) is 581 Å². The maximum absolute atomic E-state index is 13.1. The van der Waals surface area contributed by atoms with Crippen molar-refractivity contribution in [2.24, 2.45) is 5.73 Å². The van der Waals surface area contributed by atoms with Crippen molar-refractivity contribution in [1.29, 1.82) is 0 Å². The van der Waals surface area contributed by atoms with Crippen molar-refractivity contribution >= 4 is 43.3 Å². The summed E-state index contributed by atoms with van der Waals surface area (Å²) < 4.78 is 68.6. The zero-order valence-corrected chi connectivity index (χ0v) is 43.9. The van der Waals surface area contributed by atoms with Gasteiger partial charge in [0.1, 0.15) is 128 Å². The Balaban J connectivity index is 1.28. The molecule has 0 aromatic heterocycles. The van der Waals surface area contributed by atoms with Crippen LogP contribution >= 0.6 is 7.82 Å². The Kier molecular flexibility index (Phi) is 24.3. The van der Waals surface area contributed by atoms with E-state index in [4.69, 9.17) is 52.7 Å². The van der Waals surface area contributed by atoms with E-state index in [1.165, 1.54) is 0 Å². The van der Waals surface area contributed by atoms with Gasteiger partial charge >= 0.3 is 7.82 Å². The molecule has 5 heterocycles. The van der Waals surface area contributed by atoms with Gasteiger partial charge in [-0.05, 0) is 0 Å². The number of hydrogen-bond donors (Lipinski definition) is 20. The fourth-order valence-electron chi connectivity index (χ4n) is 9.25. The van der Waals surface area contributed by atoms with Crippen molar-refractivity contribution in [1.82, 2.24) is 26.6 Å². The largest absolute Gasteiger partial charge is 0.474 e. The van der Waals surface area contributed by atoms with Crippen LogP contribution in [0.25, 0.3) is 0 Å². The van der Waals surface area contributed by atoms with Crippen molar-refractivity contribution in [3.8, 4) is 0 Å². The molecule has 0 saturated carbocycles. The summed E-state index contributed by atoms with van der Waals surface area (Å²) in [6.07, 6.45) is -43.7. The number of phosphoric acid groups is 1. The number of nitrogens with two attached hydrogens (primary N) is 1. The summed E-state index contributed by atoms with van der Waals surface area (Å²) in [6, 6.07) is -6.59. The van der Waals surface area contributed by atoms with Gasteiger partial charge in [-0.2, -0.15) is 0 Å². The van der Waals surface area contributed by atoms with Crippen LogP contribution in [-0.2, 0) is 80.3 Å². The lowest BCUT2D eigenvalue weighted by Gasteiger charge is -2.50. The summed E-state index contributed by atoms with van der Waals surface area (Å²) in [7, 11) is -5.43. The van der Waals surface area contributed by atoms with E-state index in [1.807, 2.05) is 0 Å². The van der Waals surface area contributed by atoms with Gasteiger partial charge in [0.05, 0.1) is 39.5 Å². The summed E-state index contributed by atoms with van der Waals surface area (Å²) in [5, 5.41) is 152. The molecule has 0 aromatic carbocycles. The van der Waals surface area contributed by atoms with Gasteiger partial charge in [-0.1, -0.05) is 0 Å². The minimum Gasteiger partial charge on any atom is -0.394 e. The van der Waals surface area contributed by atoms with E-state index in [2.05, 4.69) is 26.6 Å². The monoisotopic (exact) mass is 1190 g/mol. The fourth-order valence-corrected chi connectivity index (χ4v) is 10.1. The molecule has 37 nitrogen and oxygen atoms in total. The molecule has 5 saturated heterocycles. The van der Waals surface area contributed by atoms with E-state index in [9.17, 15) is 105 Å². The molecule has 5 rings (SSSR count). The van der Waals surface area contributed by atoms with E-state index in [0.29, 0.717) is 0 Å². The number of nitrogens with one attached hydrogen (secondary N) is 5. The first kappa shape index (κ1) is 66.9. The molecule has 5 aliphatic heterocycles. The molecule has 5 fully saturated rings. The molecular formula is C42H71N6O31P. The smallest absolute Gasteiger partial charge is 0.394 e. The van der Waals surface area contributed by atoms with Crippen LogP contribution < -0.4 is 32.3 Å². The lowest BCUT2D eigenvalue weighted by atomic mass is 9.93. The van der Waals surface area contributed by atoms with Crippen molar-refractivity contribution in [2.45, 2.75) is 193 Å². The van der Waals surface area contributed by atoms with Crippen LogP contribution in [0.4, 0.5) is 0 Å². The Labute approximate surface area is 453 Å². The fraction of sp³-hybridized carbons (Fsp3) is 0.857. The minimum atomic E-state index is -5.43. The maximum atomic E-state index is 13.1. The molecule has 0 radical (unpaired) electrons. The lowest BCUT2D eigenvalue weighted by Crippen LogP contribution is -2.71. The van der Waals surface area contributed by atoms with Crippen molar-refractivity contribution in [3.05, 3.63) is 0 Å². The Morgan fingerprint density at radius 3 is 1.40 bits per heavy atom. The highest BCUT2D eigenvalue weighted by molar-refractivity contribution is 7.47. The SMILES string of the molecule is CC(=O)NC(CC(=O)NC1OC(CO)C(OC2OC(CO)C(OC3OC(CO)C(OC4OC(COP(=O)(O)OC5OC(CO)C(O)C(O)C5NC(C)=O)C(O)C(O)C4O)C(O)C3O)C(O)C2NC(C)=O)C(O)C1NC(C)=O)C(N)=O. The van der Waals surface area contributed by atoms with Crippen LogP contribution in [0.2, 0.25) is 0 Å². The van der Waals surface area contributed by atoms with Crippen LogP contribution in [0.15, 0.2) is 0 Å². The summed E-state index contributed by atoms with van der Waals surface area (Å²) in [6.45, 7) is -1.19. The molecule has 21 N–H and O–H groups in total. The Hall–Kier alpha value is -3.91. The number of amides is 6. The van der Waals surface area contributed by atoms with Gasteiger partial charge in [-0.15, -0.1) is 0 Å². The van der Waals surface area contributed by atoms with E-state index >= 15 is 0 Å². The first-order chi connectivity index (χ1) is 37.5. The Morgan fingerprint density at radius 2 is 0.900 bits per heavy atom. The van der Waals surface area contributed by atoms with Crippen LogP contribution in [0, 0.1) is 0 Å². The van der Waals surface area contributed by atoms with E-state index < -0.39 is 242 Å².